The van der Waals surface area contributed by atoms with Crippen LogP contribution in [-0.2, 0) is 0 Å². The molecule has 3 heterocycles. The summed E-state index contributed by atoms with van der Waals surface area (Å²) in [6.45, 7) is 0. The minimum atomic E-state index is 0.653. The van der Waals surface area contributed by atoms with Crippen LogP contribution in [0, 0.1) is 0 Å². The van der Waals surface area contributed by atoms with Gasteiger partial charge in [-0.3, -0.25) is 0 Å². The molecule has 5 heteroatoms. The molecule has 4 aromatic carbocycles. The fraction of sp³-hybridized carbons (Fsp3) is 0. The van der Waals surface area contributed by atoms with Crippen molar-refractivity contribution < 1.29 is 0 Å². The quantitative estimate of drug-likeness (QED) is 0.342. The average molecular weight is 411 g/mol. The predicted molar refractivity (Wildman–Crippen MR) is 129 cm³/mol. The third-order valence-corrected chi connectivity index (χ3v) is 6.14. The van der Waals surface area contributed by atoms with Crippen LogP contribution in [0.2, 0.25) is 0 Å². The van der Waals surface area contributed by atoms with Gasteiger partial charge >= 0.3 is 0 Å². The van der Waals surface area contributed by atoms with Gasteiger partial charge in [0.2, 0.25) is 0 Å². The number of para-hydroxylation sites is 4. The molecule has 5 nitrogen and oxygen atoms in total. The second-order valence-electron chi connectivity index (χ2n) is 7.93. The molecule has 7 rings (SSSR count). The van der Waals surface area contributed by atoms with Crippen molar-refractivity contribution in [3.8, 4) is 22.8 Å². The summed E-state index contributed by atoms with van der Waals surface area (Å²) in [5.74, 6) is 1.31. The topological polar surface area (TPSA) is 70.2 Å². The van der Waals surface area contributed by atoms with Crippen molar-refractivity contribution >= 4 is 43.6 Å². The molecule has 0 aliphatic heterocycles. The molecule has 0 amide bonds. The van der Waals surface area contributed by atoms with Gasteiger partial charge in [-0.05, 0) is 24.3 Å². The molecule has 0 atom stereocenters. The molecule has 0 aliphatic rings. The van der Waals surface area contributed by atoms with Crippen molar-refractivity contribution in [1.82, 2.24) is 24.9 Å². The first-order chi connectivity index (χ1) is 15.9. The Balaban J connectivity index is 1.45. The summed E-state index contributed by atoms with van der Waals surface area (Å²) in [7, 11) is 0. The Morgan fingerprint density at radius 1 is 0.469 bits per heavy atom. The molecule has 150 valence electrons. The number of hydrogen-bond acceptors (Lipinski definition) is 3. The minimum Gasteiger partial charge on any atom is -0.354 e. The van der Waals surface area contributed by atoms with Crippen LogP contribution in [0.1, 0.15) is 0 Å². The summed E-state index contributed by atoms with van der Waals surface area (Å²) < 4.78 is 0. The fourth-order valence-corrected chi connectivity index (χ4v) is 4.67. The van der Waals surface area contributed by atoms with E-state index in [9.17, 15) is 0 Å². The molecule has 2 N–H and O–H groups in total. The van der Waals surface area contributed by atoms with Crippen LogP contribution in [0.25, 0.3) is 66.4 Å². The van der Waals surface area contributed by atoms with Gasteiger partial charge in [-0.15, -0.1) is 0 Å². The molecule has 7 aromatic rings. The molecule has 32 heavy (non-hydrogen) atoms. The third-order valence-electron chi connectivity index (χ3n) is 6.14. The van der Waals surface area contributed by atoms with Crippen molar-refractivity contribution in [1.29, 1.82) is 0 Å². The SMILES string of the molecule is c1ccc2c(c1)[nH]c1c(-c3ncnc(-c4cccc5c4[nH]c4ccccc45)n3)cccc12. The molecular weight excluding hydrogens is 394 g/mol. The van der Waals surface area contributed by atoms with Gasteiger partial charge in [-0.1, -0.05) is 60.7 Å². The van der Waals surface area contributed by atoms with Crippen molar-refractivity contribution in [2.24, 2.45) is 0 Å². The molecule has 0 saturated carbocycles. The van der Waals surface area contributed by atoms with Crippen LogP contribution in [0.4, 0.5) is 0 Å². The van der Waals surface area contributed by atoms with Gasteiger partial charge in [0.15, 0.2) is 11.6 Å². The lowest BCUT2D eigenvalue weighted by molar-refractivity contribution is 1.07. The first kappa shape index (κ1) is 17.2. The van der Waals surface area contributed by atoms with Crippen molar-refractivity contribution in [2.75, 3.05) is 0 Å². The van der Waals surface area contributed by atoms with Gasteiger partial charge in [0.25, 0.3) is 0 Å². The third kappa shape index (κ3) is 2.42. The Labute approximate surface area is 182 Å². The smallest absolute Gasteiger partial charge is 0.165 e. The molecule has 0 unspecified atom stereocenters. The van der Waals surface area contributed by atoms with E-state index >= 15 is 0 Å². The summed E-state index contributed by atoms with van der Waals surface area (Å²) in [4.78, 5) is 21.0. The summed E-state index contributed by atoms with van der Waals surface area (Å²) in [6, 6.07) is 29.1. The Bertz CT molecular complexity index is 1660. The fourth-order valence-electron chi connectivity index (χ4n) is 4.67. The van der Waals surface area contributed by atoms with E-state index in [0.717, 1.165) is 44.0 Å². The second-order valence-corrected chi connectivity index (χ2v) is 7.93. The Morgan fingerprint density at radius 2 is 0.938 bits per heavy atom. The highest BCUT2D eigenvalue weighted by atomic mass is 15.0. The zero-order chi connectivity index (χ0) is 21.1. The van der Waals surface area contributed by atoms with Crippen molar-refractivity contribution in [2.45, 2.75) is 0 Å². The highest BCUT2D eigenvalue weighted by Crippen LogP contribution is 2.34. The van der Waals surface area contributed by atoms with E-state index in [0.29, 0.717) is 11.6 Å². The first-order valence-corrected chi connectivity index (χ1v) is 10.6. The second kappa shape index (κ2) is 6.49. The molecule has 0 bridgehead atoms. The van der Waals surface area contributed by atoms with E-state index in [1.807, 2.05) is 12.1 Å². The van der Waals surface area contributed by atoms with E-state index in [2.05, 4.69) is 92.7 Å². The Kier molecular flexibility index (Phi) is 3.49. The Hall–Kier alpha value is -4.51. The zero-order valence-electron chi connectivity index (χ0n) is 17.0. The predicted octanol–water partition coefficient (Wildman–Crippen LogP) is 6.47. The number of nitrogens with zero attached hydrogens (tertiary/aromatic N) is 3. The standard InChI is InChI=1S/C27H17N5/c1-3-13-22-16(7-1)18-9-5-11-20(24(18)30-22)26-28-15-29-27(32-26)21-12-6-10-19-17-8-2-4-14-23(17)31-25(19)21/h1-15,30-31H. The van der Waals surface area contributed by atoms with Crippen LogP contribution in [-0.4, -0.2) is 24.9 Å². The summed E-state index contributed by atoms with van der Waals surface area (Å²) in [5, 5.41) is 4.72. The van der Waals surface area contributed by atoms with Gasteiger partial charge in [0.1, 0.15) is 6.33 Å². The van der Waals surface area contributed by atoms with Gasteiger partial charge in [0, 0.05) is 43.7 Å². The molecule has 0 saturated heterocycles. The maximum absolute atomic E-state index is 4.89. The van der Waals surface area contributed by atoms with Crippen LogP contribution in [0.5, 0.6) is 0 Å². The zero-order valence-corrected chi connectivity index (χ0v) is 17.0. The van der Waals surface area contributed by atoms with Gasteiger partial charge in [-0.2, -0.15) is 0 Å². The maximum Gasteiger partial charge on any atom is 0.165 e. The molecule has 0 fully saturated rings. The van der Waals surface area contributed by atoms with Gasteiger partial charge in [-0.25, -0.2) is 15.0 Å². The van der Waals surface area contributed by atoms with E-state index < -0.39 is 0 Å². The molecule has 0 radical (unpaired) electrons. The van der Waals surface area contributed by atoms with Gasteiger partial charge in [0.05, 0.1) is 11.0 Å². The first-order valence-electron chi connectivity index (χ1n) is 10.6. The van der Waals surface area contributed by atoms with E-state index in [-0.39, 0.29) is 0 Å². The molecular formula is C27H17N5. The number of rotatable bonds is 2. The number of aromatic nitrogens is 5. The lowest BCUT2D eigenvalue weighted by atomic mass is 10.1. The van der Waals surface area contributed by atoms with Crippen molar-refractivity contribution in [3.63, 3.8) is 0 Å². The van der Waals surface area contributed by atoms with E-state index in [1.165, 1.54) is 10.8 Å². The van der Waals surface area contributed by atoms with E-state index in [4.69, 9.17) is 4.98 Å². The largest absolute Gasteiger partial charge is 0.354 e. The van der Waals surface area contributed by atoms with Crippen LogP contribution < -0.4 is 0 Å². The average Bonchev–Trinajstić information content (AvgIpc) is 3.42. The van der Waals surface area contributed by atoms with Crippen LogP contribution in [0.15, 0.2) is 91.3 Å². The lowest BCUT2D eigenvalue weighted by Gasteiger charge is -2.06. The minimum absolute atomic E-state index is 0.653. The summed E-state index contributed by atoms with van der Waals surface area (Å²) in [6.07, 6.45) is 1.60. The summed E-state index contributed by atoms with van der Waals surface area (Å²) in [5.41, 5.74) is 6.21. The number of H-pyrrole nitrogens is 2. The highest BCUT2D eigenvalue weighted by Gasteiger charge is 2.15. The number of hydrogen-bond donors (Lipinski definition) is 2. The maximum atomic E-state index is 4.89. The number of nitrogens with one attached hydrogen (secondary N) is 2. The lowest BCUT2D eigenvalue weighted by Crippen LogP contribution is -1.96. The Morgan fingerprint density at radius 3 is 1.47 bits per heavy atom. The highest BCUT2D eigenvalue weighted by molar-refractivity contribution is 6.12. The number of fused-ring (bicyclic) bond motifs is 6. The van der Waals surface area contributed by atoms with Crippen LogP contribution >= 0.6 is 0 Å². The monoisotopic (exact) mass is 411 g/mol. The normalized spacial score (nSPS) is 11.8. The summed E-state index contributed by atoms with van der Waals surface area (Å²) >= 11 is 0. The molecule has 0 spiro atoms. The molecule has 0 aliphatic carbocycles. The number of benzene rings is 4. The molecule has 3 aromatic heterocycles. The van der Waals surface area contributed by atoms with Gasteiger partial charge < -0.3 is 9.97 Å². The van der Waals surface area contributed by atoms with E-state index in [1.54, 1.807) is 6.33 Å². The van der Waals surface area contributed by atoms with Crippen molar-refractivity contribution in [3.05, 3.63) is 91.3 Å². The number of aromatic amines is 2. The van der Waals surface area contributed by atoms with Crippen LogP contribution in [0.3, 0.4) is 0 Å².